The zero-order chi connectivity index (χ0) is 17.2. The minimum absolute atomic E-state index is 0.0775. The van der Waals surface area contributed by atoms with Crippen LogP contribution >= 0.6 is 11.8 Å². The number of rotatable bonds is 3. The van der Waals surface area contributed by atoms with Gasteiger partial charge in [-0.15, -0.1) is 11.8 Å². The quantitative estimate of drug-likeness (QED) is 0.914. The number of alkyl halides is 3. The molecule has 126 valence electrons. The third-order valence-corrected chi connectivity index (χ3v) is 4.63. The Balaban J connectivity index is 2.16. The number of nitrogens with one attached hydrogen (secondary N) is 1. The van der Waals surface area contributed by atoms with Crippen LogP contribution in [0.15, 0.2) is 18.2 Å². The predicted molar refractivity (Wildman–Crippen MR) is 83.1 cm³/mol. The molecule has 8 heteroatoms. The van der Waals surface area contributed by atoms with E-state index in [1.54, 1.807) is 6.92 Å². The summed E-state index contributed by atoms with van der Waals surface area (Å²) in [6.07, 6.45) is -4.19. The summed E-state index contributed by atoms with van der Waals surface area (Å²) >= 11 is 1.45. The van der Waals surface area contributed by atoms with Crippen molar-refractivity contribution in [3.8, 4) is 0 Å². The van der Waals surface area contributed by atoms with Crippen molar-refractivity contribution in [3.63, 3.8) is 0 Å². The Morgan fingerprint density at radius 1 is 1.39 bits per heavy atom. The number of thioether (sulfide) groups is 1. The zero-order valence-electron chi connectivity index (χ0n) is 12.7. The third-order valence-electron chi connectivity index (χ3n) is 3.62. The van der Waals surface area contributed by atoms with Gasteiger partial charge in [0.15, 0.2) is 0 Å². The Hall–Kier alpha value is -1.70. The van der Waals surface area contributed by atoms with Gasteiger partial charge in [0.25, 0.3) is 0 Å². The van der Waals surface area contributed by atoms with Crippen LogP contribution in [0.4, 0.5) is 18.9 Å². The van der Waals surface area contributed by atoms with E-state index in [4.69, 9.17) is 0 Å². The van der Waals surface area contributed by atoms with Crippen molar-refractivity contribution in [2.45, 2.75) is 32.5 Å². The van der Waals surface area contributed by atoms with Crippen LogP contribution in [-0.4, -0.2) is 34.4 Å². The molecule has 1 N–H and O–H groups in total. The number of aryl methyl sites for hydroxylation is 1. The number of carbonyl (C=O) groups is 2. The van der Waals surface area contributed by atoms with Gasteiger partial charge in [-0.1, -0.05) is 13.0 Å². The molecule has 1 fully saturated rings. The van der Waals surface area contributed by atoms with Gasteiger partial charge in [0.1, 0.15) is 6.04 Å². The van der Waals surface area contributed by atoms with E-state index in [-0.39, 0.29) is 23.6 Å². The highest BCUT2D eigenvalue weighted by Crippen LogP contribution is 2.33. The number of anilines is 1. The molecule has 1 heterocycles. The second kappa shape index (κ2) is 6.82. The fraction of sp³-hybridized carbons (Fsp3) is 0.467. The van der Waals surface area contributed by atoms with E-state index in [0.717, 1.165) is 6.07 Å². The lowest BCUT2D eigenvalue weighted by Gasteiger charge is -2.22. The fourth-order valence-corrected chi connectivity index (χ4v) is 3.52. The first-order chi connectivity index (χ1) is 10.7. The van der Waals surface area contributed by atoms with E-state index in [0.29, 0.717) is 11.6 Å². The maximum Gasteiger partial charge on any atom is 0.416 e. The van der Waals surface area contributed by atoms with Crippen molar-refractivity contribution in [1.29, 1.82) is 0 Å². The van der Waals surface area contributed by atoms with E-state index in [1.807, 2.05) is 0 Å². The molecule has 1 aromatic carbocycles. The maximum absolute atomic E-state index is 12.9. The van der Waals surface area contributed by atoms with E-state index in [1.165, 1.54) is 35.7 Å². The van der Waals surface area contributed by atoms with Crippen molar-refractivity contribution >= 4 is 29.3 Å². The summed E-state index contributed by atoms with van der Waals surface area (Å²) in [4.78, 5) is 25.5. The first-order valence-corrected chi connectivity index (χ1v) is 8.25. The fourth-order valence-electron chi connectivity index (χ4n) is 2.34. The van der Waals surface area contributed by atoms with Gasteiger partial charge in [-0.2, -0.15) is 13.2 Å². The summed E-state index contributed by atoms with van der Waals surface area (Å²) in [5.41, 5.74) is -0.610. The van der Waals surface area contributed by atoms with Crippen LogP contribution in [0.3, 0.4) is 0 Å². The minimum Gasteiger partial charge on any atom is -0.324 e. The van der Waals surface area contributed by atoms with E-state index in [2.05, 4.69) is 5.32 Å². The molecule has 1 aliphatic rings. The van der Waals surface area contributed by atoms with E-state index >= 15 is 0 Å². The second-order valence-corrected chi connectivity index (χ2v) is 6.25. The van der Waals surface area contributed by atoms with Crippen LogP contribution in [-0.2, 0) is 15.8 Å². The lowest BCUT2D eigenvalue weighted by molar-refractivity contribution is -0.138. The predicted octanol–water partition coefficient (Wildman–Crippen LogP) is 3.26. The van der Waals surface area contributed by atoms with Crippen LogP contribution in [0.5, 0.6) is 0 Å². The monoisotopic (exact) mass is 346 g/mol. The molecular formula is C15H17F3N2O2S. The highest BCUT2D eigenvalue weighted by Gasteiger charge is 2.35. The lowest BCUT2D eigenvalue weighted by atomic mass is 10.1. The molecule has 2 rings (SSSR count). The Morgan fingerprint density at radius 3 is 2.70 bits per heavy atom. The van der Waals surface area contributed by atoms with Crippen molar-refractivity contribution in [1.82, 2.24) is 4.90 Å². The molecule has 0 aromatic heterocycles. The van der Waals surface area contributed by atoms with Crippen LogP contribution < -0.4 is 5.32 Å². The molecule has 0 bridgehead atoms. The van der Waals surface area contributed by atoms with Crippen LogP contribution in [0.2, 0.25) is 0 Å². The minimum atomic E-state index is -4.47. The normalized spacial score (nSPS) is 18.1. The van der Waals surface area contributed by atoms with Gasteiger partial charge in [0, 0.05) is 17.9 Å². The molecule has 1 aromatic rings. The first-order valence-electron chi connectivity index (χ1n) is 7.10. The highest BCUT2D eigenvalue weighted by molar-refractivity contribution is 7.99. The number of amides is 2. The maximum atomic E-state index is 12.9. The summed E-state index contributed by atoms with van der Waals surface area (Å²) in [6.45, 7) is 3.07. The molecule has 0 saturated carbocycles. The molecular weight excluding hydrogens is 329 g/mol. The Kier molecular flexibility index (Phi) is 5.23. The number of carbonyl (C=O) groups excluding carboxylic acids is 2. The summed E-state index contributed by atoms with van der Waals surface area (Å²) in [6, 6.07) is 3.01. The molecule has 4 nitrogen and oxygen atoms in total. The molecule has 0 spiro atoms. The number of hydrogen-bond acceptors (Lipinski definition) is 3. The van der Waals surface area contributed by atoms with Crippen molar-refractivity contribution < 1.29 is 22.8 Å². The topological polar surface area (TPSA) is 49.4 Å². The summed E-state index contributed by atoms with van der Waals surface area (Å²) in [5.74, 6) is 0.256. The number of nitrogens with zero attached hydrogens (tertiary/aromatic N) is 1. The van der Waals surface area contributed by atoms with Gasteiger partial charge in [0.05, 0.1) is 11.4 Å². The third kappa shape index (κ3) is 3.99. The molecule has 2 amide bonds. The molecule has 1 saturated heterocycles. The van der Waals surface area contributed by atoms with Gasteiger partial charge in [-0.25, -0.2) is 0 Å². The van der Waals surface area contributed by atoms with E-state index in [9.17, 15) is 22.8 Å². The van der Waals surface area contributed by atoms with Gasteiger partial charge < -0.3 is 10.2 Å². The number of halogens is 3. The summed E-state index contributed by atoms with van der Waals surface area (Å²) in [5, 5.41) is 2.49. The highest BCUT2D eigenvalue weighted by atomic mass is 32.2. The van der Waals surface area contributed by atoms with Gasteiger partial charge in [-0.05, 0) is 24.6 Å². The standard InChI is InChI=1S/C15H17F3N2O2S/c1-3-13(21)20-8-23-7-12(20)14(22)19-10-5-4-9(2)11(6-10)15(16,17)18/h4-6,12H,3,7-8H2,1-2H3,(H,19,22)/t12-/m0/s1. The molecule has 0 unspecified atom stereocenters. The van der Waals surface area contributed by atoms with Crippen molar-refractivity contribution in [2.75, 3.05) is 16.9 Å². The Labute approximate surface area is 136 Å². The van der Waals surface area contributed by atoms with E-state index < -0.39 is 23.7 Å². The largest absolute Gasteiger partial charge is 0.416 e. The molecule has 23 heavy (non-hydrogen) atoms. The van der Waals surface area contributed by atoms with Crippen LogP contribution in [0.25, 0.3) is 0 Å². The van der Waals surface area contributed by atoms with Crippen LogP contribution in [0.1, 0.15) is 24.5 Å². The first kappa shape index (κ1) is 17.7. The average Bonchev–Trinajstić information content (AvgIpc) is 2.96. The van der Waals surface area contributed by atoms with Gasteiger partial charge in [0.2, 0.25) is 11.8 Å². The zero-order valence-corrected chi connectivity index (χ0v) is 13.6. The number of hydrogen-bond donors (Lipinski definition) is 1. The molecule has 0 aliphatic carbocycles. The van der Waals surface area contributed by atoms with Gasteiger partial charge in [-0.3, -0.25) is 9.59 Å². The summed E-state index contributed by atoms with van der Waals surface area (Å²) < 4.78 is 38.7. The Morgan fingerprint density at radius 2 is 2.09 bits per heavy atom. The van der Waals surface area contributed by atoms with Crippen molar-refractivity contribution in [3.05, 3.63) is 29.3 Å². The molecule has 1 atom stereocenters. The van der Waals surface area contributed by atoms with Crippen molar-refractivity contribution in [2.24, 2.45) is 0 Å². The SMILES string of the molecule is CCC(=O)N1CSC[C@H]1C(=O)Nc1ccc(C)c(C(F)(F)F)c1. The van der Waals surface area contributed by atoms with Gasteiger partial charge >= 0.3 is 6.18 Å². The molecule has 0 radical (unpaired) electrons. The Bertz CT molecular complexity index is 619. The lowest BCUT2D eigenvalue weighted by Crippen LogP contribution is -2.44. The average molecular weight is 346 g/mol. The summed E-state index contributed by atoms with van der Waals surface area (Å²) in [7, 11) is 0. The molecule has 1 aliphatic heterocycles. The van der Waals surface area contributed by atoms with Crippen LogP contribution in [0, 0.1) is 6.92 Å². The number of benzene rings is 1. The second-order valence-electron chi connectivity index (χ2n) is 5.25. The smallest absolute Gasteiger partial charge is 0.324 e.